The first-order valence-corrected chi connectivity index (χ1v) is 8.36. The van der Waals surface area contributed by atoms with Crippen molar-refractivity contribution in [3.8, 4) is 11.1 Å². The van der Waals surface area contributed by atoms with Crippen LogP contribution in [0, 0.1) is 0 Å². The fourth-order valence-electron chi connectivity index (χ4n) is 2.96. The molecule has 1 aliphatic heterocycles. The number of halogens is 1. The fraction of sp³-hybridized carbons (Fsp3) is 0.300. The van der Waals surface area contributed by atoms with Gasteiger partial charge in [-0.15, -0.1) is 0 Å². The minimum absolute atomic E-state index is 0.802. The van der Waals surface area contributed by atoms with Gasteiger partial charge in [0.15, 0.2) is 0 Å². The normalized spacial score (nSPS) is 16.2. The third kappa shape index (κ3) is 3.60. The Morgan fingerprint density at radius 1 is 1.05 bits per heavy atom. The van der Waals surface area contributed by atoms with Gasteiger partial charge in [-0.2, -0.15) is 0 Å². The zero-order valence-corrected chi connectivity index (χ0v) is 13.8. The van der Waals surface area contributed by atoms with E-state index in [2.05, 4.69) is 48.2 Å². The summed E-state index contributed by atoms with van der Waals surface area (Å²) in [7, 11) is 0. The van der Waals surface area contributed by atoms with Crippen molar-refractivity contribution in [2.45, 2.75) is 19.8 Å². The highest BCUT2D eigenvalue weighted by molar-refractivity contribution is 6.33. The lowest BCUT2D eigenvalue weighted by Gasteiger charge is -2.12. The molecule has 2 aromatic rings. The summed E-state index contributed by atoms with van der Waals surface area (Å²) in [6, 6.07) is 16.7. The summed E-state index contributed by atoms with van der Waals surface area (Å²) < 4.78 is 0. The Bertz CT molecular complexity index is 652. The van der Waals surface area contributed by atoms with Crippen LogP contribution in [0.3, 0.4) is 0 Å². The Labute approximate surface area is 138 Å². The lowest BCUT2D eigenvalue weighted by atomic mass is 10.0. The van der Waals surface area contributed by atoms with Crippen LogP contribution in [0.15, 0.2) is 54.6 Å². The molecular formula is C20H22ClN. The number of hydrogen-bond acceptors (Lipinski definition) is 1. The molecule has 1 heterocycles. The van der Waals surface area contributed by atoms with E-state index in [0.29, 0.717) is 0 Å². The number of rotatable bonds is 4. The van der Waals surface area contributed by atoms with Crippen molar-refractivity contribution in [2.24, 2.45) is 0 Å². The van der Waals surface area contributed by atoms with Crippen LogP contribution in [0.4, 0.5) is 0 Å². The van der Waals surface area contributed by atoms with Gasteiger partial charge in [0, 0.05) is 17.1 Å². The number of hydrogen-bond donors (Lipinski definition) is 0. The van der Waals surface area contributed by atoms with Crippen molar-refractivity contribution >= 4 is 17.2 Å². The van der Waals surface area contributed by atoms with Crippen molar-refractivity contribution in [1.82, 2.24) is 4.90 Å². The number of benzene rings is 2. The quantitative estimate of drug-likeness (QED) is 0.720. The summed E-state index contributed by atoms with van der Waals surface area (Å²) in [4.78, 5) is 2.52. The van der Waals surface area contributed by atoms with E-state index in [0.717, 1.165) is 17.1 Å². The maximum atomic E-state index is 6.27. The summed E-state index contributed by atoms with van der Waals surface area (Å²) in [5.74, 6) is 0. The molecule has 0 N–H and O–H groups in total. The van der Waals surface area contributed by atoms with Crippen LogP contribution >= 0.6 is 11.6 Å². The van der Waals surface area contributed by atoms with Crippen LogP contribution in [0.1, 0.15) is 25.3 Å². The maximum absolute atomic E-state index is 6.27. The predicted molar refractivity (Wildman–Crippen MR) is 96.2 cm³/mol. The number of nitrogens with zero attached hydrogens (tertiary/aromatic N) is 1. The van der Waals surface area contributed by atoms with Gasteiger partial charge in [-0.25, -0.2) is 0 Å². The summed E-state index contributed by atoms with van der Waals surface area (Å²) in [6.45, 7) is 5.75. The number of allylic oxidation sites excluding steroid dienone is 1. The van der Waals surface area contributed by atoms with Crippen molar-refractivity contribution in [2.75, 3.05) is 19.6 Å². The second-order valence-corrected chi connectivity index (χ2v) is 6.36. The van der Waals surface area contributed by atoms with Gasteiger partial charge in [0.25, 0.3) is 0 Å². The highest BCUT2D eigenvalue weighted by Crippen LogP contribution is 2.28. The van der Waals surface area contributed by atoms with Crippen LogP contribution in [-0.2, 0) is 0 Å². The molecule has 0 aromatic heterocycles. The van der Waals surface area contributed by atoms with Gasteiger partial charge in [-0.05, 0) is 55.6 Å². The predicted octanol–water partition coefficient (Wildman–Crippen LogP) is 5.51. The molecule has 2 aromatic carbocycles. The second kappa shape index (κ2) is 7.13. The van der Waals surface area contributed by atoms with Gasteiger partial charge in [-0.1, -0.05) is 60.1 Å². The average molecular weight is 312 g/mol. The van der Waals surface area contributed by atoms with E-state index in [1.807, 2.05) is 18.2 Å². The van der Waals surface area contributed by atoms with E-state index in [-0.39, 0.29) is 0 Å². The molecular weight excluding hydrogens is 290 g/mol. The first-order chi connectivity index (χ1) is 10.7. The number of likely N-dealkylation sites (tertiary alicyclic amines) is 1. The fourth-order valence-corrected chi connectivity index (χ4v) is 3.20. The molecule has 0 spiro atoms. The lowest BCUT2D eigenvalue weighted by Crippen LogP contribution is -2.18. The van der Waals surface area contributed by atoms with Gasteiger partial charge >= 0.3 is 0 Å². The second-order valence-electron chi connectivity index (χ2n) is 5.95. The van der Waals surface area contributed by atoms with Crippen molar-refractivity contribution in [1.29, 1.82) is 0 Å². The third-order valence-corrected chi connectivity index (χ3v) is 4.71. The minimum atomic E-state index is 0.802. The van der Waals surface area contributed by atoms with E-state index in [1.165, 1.54) is 42.6 Å². The highest BCUT2D eigenvalue weighted by Gasteiger charge is 2.09. The van der Waals surface area contributed by atoms with E-state index in [9.17, 15) is 0 Å². The minimum Gasteiger partial charge on any atom is -0.300 e. The van der Waals surface area contributed by atoms with Crippen LogP contribution in [0.25, 0.3) is 16.7 Å². The molecule has 2 heteroatoms. The summed E-state index contributed by atoms with van der Waals surface area (Å²) >= 11 is 6.27. The van der Waals surface area contributed by atoms with Gasteiger partial charge in [0.2, 0.25) is 0 Å². The molecule has 0 saturated carbocycles. The van der Waals surface area contributed by atoms with Gasteiger partial charge < -0.3 is 0 Å². The van der Waals surface area contributed by atoms with E-state index >= 15 is 0 Å². The van der Waals surface area contributed by atoms with Gasteiger partial charge in [-0.3, -0.25) is 4.90 Å². The van der Waals surface area contributed by atoms with Crippen LogP contribution in [0.5, 0.6) is 0 Å². The molecule has 1 nitrogen and oxygen atoms in total. The standard InChI is InChI=1S/C20H22ClN/c1-16(12-15-22-13-4-5-14-22)17-8-10-18(11-9-17)19-6-2-3-7-20(19)21/h2-3,6-12H,4-5,13-15H2,1H3. The van der Waals surface area contributed by atoms with E-state index in [4.69, 9.17) is 11.6 Å². The van der Waals surface area contributed by atoms with Crippen LogP contribution in [0.2, 0.25) is 5.02 Å². The Kier molecular flexibility index (Phi) is 4.97. The Balaban J connectivity index is 1.73. The van der Waals surface area contributed by atoms with Crippen molar-refractivity contribution in [3.05, 3.63) is 65.2 Å². The molecule has 1 fully saturated rings. The average Bonchev–Trinajstić information content (AvgIpc) is 3.07. The largest absolute Gasteiger partial charge is 0.300 e. The van der Waals surface area contributed by atoms with Gasteiger partial charge in [0.1, 0.15) is 0 Å². The molecule has 0 amide bonds. The molecule has 3 rings (SSSR count). The Hall–Kier alpha value is -1.57. The van der Waals surface area contributed by atoms with Crippen LogP contribution < -0.4 is 0 Å². The SMILES string of the molecule is CC(=CCN1CCCC1)c1ccc(-c2ccccc2Cl)cc1. The first kappa shape index (κ1) is 15.3. The van der Waals surface area contributed by atoms with Crippen LogP contribution in [-0.4, -0.2) is 24.5 Å². The Morgan fingerprint density at radius 2 is 1.73 bits per heavy atom. The molecule has 1 saturated heterocycles. The molecule has 0 aliphatic carbocycles. The van der Waals surface area contributed by atoms with E-state index < -0.39 is 0 Å². The molecule has 0 radical (unpaired) electrons. The summed E-state index contributed by atoms with van der Waals surface area (Å²) in [6.07, 6.45) is 5.04. The molecule has 0 bridgehead atoms. The smallest absolute Gasteiger partial charge is 0.0484 e. The molecule has 0 atom stereocenters. The Morgan fingerprint density at radius 3 is 2.41 bits per heavy atom. The molecule has 22 heavy (non-hydrogen) atoms. The zero-order chi connectivity index (χ0) is 15.4. The molecule has 1 aliphatic rings. The third-order valence-electron chi connectivity index (χ3n) is 4.38. The summed E-state index contributed by atoms with van der Waals surface area (Å²) in [5, 5.41) is 0.802. The van der Waals surface area contributed by atoms with Crippen molar-refractivity contribution < 1.29 is 0 Å². The monoisotopic (exact) mass is 311 g/mol. The van der Waals surface area contributed by atoms with E-state index in [1.54, 1.807) is 0 Å². The molecule has 114 valence electrons. The highest BCUT2D eigenvalue weighted by atomic mass is 35.5. The topological polar surface area (TPSA) is 3.24 Å². The maximum Gasteiger partial charge on any atom is 0.0484 e. The lowest BCUT2D eigenvalue weighted by molar-refractivity contribution is 0.377. The van der Waals surface area contributed by atoms with Crippen molar-refractivity contribution in [3.63, 3.8) is 0 Å². The molecule has 0 unspecified atom stereocenters. The van der Waals surface area contributed by atoms with Gasteiger partial charge in [0.05, 0.1) is 0 Å². The summed E-state index contributed by atoms with van der Waals surface area (Å²) in [5.41, 5.74) is 4.89. The first-order valence-electron chi connectivity index (χ1n) is 7.98. The zero-order valence-electron chi connectivity index (χ0n) is 13.1.